The van der Waals surface area contributed by atoms with Crippen molar-refractivity contribution in [2.45, 2.75) is 11.4 Å². The molecule has 106 valence electrons. The standard InChI is InChI=1S/C13H13FN2O3S/c14-12-3-1-2-9(13(12)17)8-16-10-4-6-11(7-5-10)20(15,18)19/h1-7,16-17H,8H2,(H2,15,18,19). The first-order valence-corrected chi connectivity index (χ1v) is 7.25. The third-order valence-electron chi connectivity index (χ3n) is 2.74. The van der Waals surface area contributed by atoms with E-state index in [-0.39, 0.29) is 11.4 Å². The van der Waals surface area contributed by atoms with E-state index in [0.29, 0.717) is 11.3 Å². The molecule has 0 amide bonds. The molecule has 2 aromatic carbocycles. The Labute approximate surface area is 115 Å². The number of hydrogen-bond donors (Lipinski definition) is 3. The number of phenolic OH excluding ortho intramolecular Hbond substituents is 1. The molecule has 0 aliphatic heterocycles. The fourth-order valence-electron chi connectivity index (χ4n) is 1.66. The number of benzene rings is 2. The zero-order chi connectivity index (χ0) is 14.8. The van der Waals surface area contributed by atoms with Crippen molar-refractivity contribution in [1.82, 2.24) is 0 Å². The largest absolute Gasteiger partial charge is 0.505 e. The number of para-hydroxylation sites is 1. The van der Waals surface area contributed by atoms with Crippen LogP contribution in [0.15, 0.2) is 47.4 Å². The van der Waals surface area contributed by atoms with Gasteiger partial charge in [0.05, 0.1) is 4.90 Å². The van der Waals surface area contributed by atoms with Gasteiger partial charge in [-0.2, -0.15) is 0 Å². The minimum absolute atomic E-state index is 0.0108. The van der Waals surface area contributed by atoms with Crippen LogP contribution in [0.25, 0.3) is 0 Å². The highest BCUT2D eigenvalue weighted by Gasteiger charge is 2.08. The summed E-state index contributed by atoms with van der Waals surface area (Å²) in [6, 6.07) is 10.1. The molecule has 0 aromatic heterocycles. The molecule has 0 aliphatic carbocycles. The van der Waals surface area contributed by atoms with Crippen molar-refractivity contribution in [1.29, 1.82) is 0 Å². The fourth-order valence-corrected chi connectivity index (χ4v) is 2.18. The molecule has 0 atom stereocenters. The van der Waals surface area contributed by atoms with Crippen LogP contribution in [0.1, 0.15) is 5.56 Å². The molecule has 5 nitrogen and oxygen atoms in total. The molecule has 0 aliphatic rings. The van der Waals surface area contributed by atoms with E-state index in [2.05, 4.69) is 5.32 Å². The fraction of sp³-hybridized carbons (Fsp3) is 0.0769. The van der Waals surface area contributed by atoms with E-state index in [1.165, 1.54) is 36.4 Å². The Bertz CT molecular complexity index is 715. The van der Waals surface area contributed by atoms with Gasteiger partial charge in [-0.25, -0.2) is 17.9 Å². The van der Waals surface area contributed by atoms with Crippen LogP contribution in [-0.2, 0) is 16.6 Å². The Hall–Kier alpha value is -2.12. The van der Waals surface area contributed by atoms with Crippen LogP contribution in [0.4, 0.5) is 10.1 Å². The van der Waals surface area contributed by atoms with E-state index in [0.717, 1.165) is 0 Å². The van der Waals surface area contributed by atoms with Gasteiger partial charge < -0.3 is 10.4 Å². The number of hydrogen-bond acceptors (Lipinski definition) is 4. The highest BCUT2D eigenvalue weighted by atomic mass is 32.2. The maximum atomic E-state index is 13.1. The topological polar surface area (TPSA) is 92.4 Å². The number of aromatic hydroxyl groups is 1. The van der Waals surface area contributed by atoms with Gasteiger partial charge in [-0.05, 0) is 30.3 Å². The first-order valence-electron chi connectivity index (χ1n) is 5.71. The second-order valence-electron chi connectivity index (χ2n) is 4.17. The minimum atomic E-state index is -3.72. The summed E-state index contributed by atoms with van der Waals surface area (Å²) in [6.45, 7) is 0.207. The van der Waals surface area contributed by atoms with Gasteiger partial charge >= 0.3 is 0 Å². The molecule has 2 rings (SSSR count). The molecule has 20 heavy (non-hydrogen) atoms. The summed E-state index contributed by atoms with van der Waals surface area (Å²) in [5, 5.41) is 17.4. The summed E-state index contributed by atoms with van der Waals surface area (Å²) in [6.07, 6.45) is 0. The summed E-state index contributed by atoms with van der Waals surface area (Å²) >= 11 is 0. The number of nitrogens with one attached hydrogen (secondary N) is 1. The highest BCUT2D eigenvalue weighted by molar-refractivity contribution is 7.89. The zero-order valence-corrected chi connectivity index (χ0v) is 11.2. The van der Waals surface area contributed by atoms with Crippen molar-refractivity contribution < 1.29 is 17.9 Å². The van der Waals surface area contributed by atoms with Crippen LogP contribution in [0.5, 0.6) is 5.75 Å². The second-order valence-corrected chi connectivity index (χ2v) is 5.73. The monoisotopic (exact) mass is 296 g/mol. The third-order valence-corrected chi connectivity index (χ3v) is 3.67. The van der Waals surface area contributed by atoms with Gasteiger partial charge in [0, 0.05) is 17.8 Å². The number of phenols is 1. The van der Waals surface area contributed by atoms with Crippen molar-refractivity contribution in [3.05, 3.63) is 53.8 Å². The van der Waals surface area contributed by atoms with Crippen molar-refractivity contribution in [3.63, 3.8) is 0 Å². The van der Waals surface area contributed by atoms with E-state index in [9.17, 15) is 17.9 Å². The van der Waals surface area contributed by atoms with Crippen LogP contribution in [0.2, 0.25) is 0 Å². The van der Waals surface area contributed by atoms with Crippen LogP contribution < -0.4 is 10.5 Å². The summed E-state index contributed by atoms with van der Waals surface area (Å²) in [7, 11) is -3.72. The maximum absolute atomic E-state index is 13.1. The number of rotatable bonds is 4. The van der Waals surface area contributed by atoms with Gasteiger partial charge in [0.1, 0.15) is 0 Å². The Morgan fingerprint density at radius 1 is 1.15 bits per heavy atom. The predicted molar refractivity (Wildman–Crippen MR) is 73.2 cm³/mol. The van der Waals surface area contributed by atoms with E-state index in [4.69, 9.17) is 5.14 Å². The number of halogens is 1. The molecule has 0 heterocycles. The molecular weight excluding hydrogens is 283 g/mol. The lowest BCUT2D eigenvalue weighted by Gasteiger charge is -2.09. The lowest BCUT2D eigenvalue weighted by Crippen LogP contribution is -2.12. The molecule has 0 bridgehead atoms. The van der Waals surface area contributed by atoms with Gasteiger partial charge in [0.25, 0.3) is 0 Å². The Balaban J connectivity index is 2.10. The lowest BCUT2D eigenvalue weighted by atomic mass is 10.2. The van der Waals surface area contributed by atoms with Crippen molar-refractivity contribution in [2.75, 3.05) is 5.32 Å². The lowest BCUT2D eigenvalue weighted by molar-refractivity contribution is 0.427. The summed E-state index contributed by atoms with van der Waals surface area (Å²) in [5.74, 6) is -1.09. The molecule has 0 fully saturated rings. The van der Waals surface area contributed by atoms with Gasteiger partial charge in [0.15, 0.2) is 11.6 Å². The predicted octanol–water partition coefficient (Wildman–Crippen LogP) is 1.79. The van der Waals surface area contributed by atoms with Crippen molar-refractivity contribution >= 4 is 15.7 Å². The normalized spacial score (nSPS) is 11.3. The molecule has 0 radical (unpaired) electrons. The van der Waals surface area contributed by atoms with Gasteiger partial charge in [-0.15, -0.1) is 0 Å². The molecule has 0 spiro atoms. The number of nitrogens with two attached hydrogens (primary N) is 1. The first kappa shape index (κ1) is 14.3. The molecule has 0 unspecified atom stereocenters. The smallest absolute Gasteiger partial charge is 0.238 e. The molecule has 0 saturated heterocycles. The average Bonchev–Trinajstić information content (AvgIpc) is 2.40. The highest BCUT2D eigenvalue weighted by Crippen LogP contribution is 2.22. The Morgan fingerprint density at radius 3 is 2.40 bits per heavy atom. The Kier molecular flexibility index (Phi) is 3.91. The second kappa shape index (κ2) is 5.48. The quantitative estimate of drug-likeness (QED) is 0.802. The number of primary sulfonamides is 1. The van der Waals surface area contributed by atoms with Crippen LogP contribution in [-0.4, -0.2) is 13.5 Å². The van der Waals surface area contributed by atoms with E-state index < -0.39 is 21.6 Å². The zero-order valence-electron chi connectivity index (χ0n) is 10.4. The van der Waals surface area contributed by atoms with Crippen LogP contribution >= 0.6 is 0 Å². The third kappa shape index (κ3) is 3.25. The average molecular weight is 296 g/mol. The minimum Gasteiger partial charge on any atom is -0.505 e. The first-order chi connectivity index (χ1) is 9.38. The molecule has 7 heteroatoms. The van der Waals surface area contributed by atoms with Crippen LogP contribution in [0.3, 0.4) is 0 Å². The number of sulfonamides is 1. The van der Waals surface area contributed by atoms with E-state index in [1.54, 1.807) is 6.07 Å². The summed E-state index contributed by atoms with van der Waals surface area (Å²) < 4.78 is 35.3. The number of anilines is 1. The molecule has 0 saturated carbocycles. The van der Waals surface area contributed by atoms with Crippen LogP contribution in [0, 0.1) is 5.82 Å². The summed E-state index contributed by atoms with van der Waals surface area (Å²) in [4.78, 5) is 0.0108. The maximum Gasteiger partial charge on any atom is 0.238 e. The van der Waals surface area contributed by atoms with Gasteiger partial charge in [-0.1, -0.05) is 12.1 Å². The summed E-state index contributed by atoms with van der Waals surface area (Å²) in [5.41, 5.74) is 1.03. The Morgan fingerprint density at radius 2 is 1.80 bits per heavy atom. The van der Waals surface area contributed by atoms with Gasteiger partial charge in [0.2, 0.25) is 10.0 Å². The van der Waals surface area contributed by atoms with E-state index >= 15 is 0 Å². The van der Waals surface area contributed by atoms with Crippen molar-refractivity contribution in [2.24, 2.45) is 5.14 Å². The van der Waals surface area contributed by atoms with Crippen molar-refractivity contribution in [3.8, 4) is 5.75 Å². The molecule has 4 N–H and O–H groups in total. The van der Waals surface area contributed by atoms with Gasteiger partial charge in [-0.3, -0.25) is 0 Å². The molecular formula is C13H13FN2O3S. The SMILES string of the molecule is NS(=O)(=O)c1ccc(NCc2cccc(F)c2O)cc1. The van der Waals surface area contributed by atoms with E-state index in [1.807, 2.05) is 0 Å². The molecule has 2 aromatic rings.